The third-order valence-corrected chi connectivity index (χ3v) is 4.81. The van der Waals surface area contributed by atoms with E-state index in [4.69, 9.17) is 16.7 Å². The van der Waals surface area contributed by atoms with Crippen LogP contribution in [0.15, 0.2) is 29.2 Å². The highest BCUT2D eigenvalue weighted by Gasteiger charge is 2.24. The molecule has 0 heterocycles. The van der Waals surface area contributed by atoms with Gasteiger partial charge in [-0.15, -0.1) is 0 Å². The minimum Gasteiger partial charge on any atom is -0.480 e. The van der Waals surface area contributed by atoms with Gasteiger partial charge in [0.25, 0.3) is 0 Å². The maximum atomic E-state index is 12.1. The number of nitrogens with one attached hydrogen (secondary N) is 1. The van der Waals surface area contributed by atoms with Crippen molar-refractivity contribution in [3.05, 3.63) is 29.3 Å². The summed E-state index contributed by atoms with van der Waals surface area (Å²) in [7, 11) is -3.85. The van der Waals surface area contributed by atoms with Crippen LogP contribution in [0.2, 0.25) is 5.02 Å². The third-order valence-electron chi connectivity index (χ3n) is 3.07. The Hall–Kier alpha value is -1.11. The van der Waals surface area contributed by atoms with Gasteiger partial charge >= 0.3 is 5.97 Å². The molecule has 1 aromatic rings. The van der Waals surface area contributed by atoms with Gasteiger partial charge in [0.1, 0.15) is 6.04 Å². The topological polar surface area (TPSA) is 83.5 Å². The number of carboxylic acid groups (broad SMARTS) is 1. The Morgan fingerprint density at radius 2 is 1.86 bits per heavy atom. The van der Waals surface area contributed by atoms with Gasteiger partial charge in [0.15, 0.2) is 0 Å². The van der Waals surface area contributed by atoms with Gasteiger partial charge in [-0.3, -0.25) is 4.79 Å². The van der Waals surface area contributed by atoms with E-state index in [0.717, 1.165) is 19.3 Å². The number of unbranched alkanes of at least 4 members (excludes halogenated alkanes) is 3. The van der Waals surface area contributed by atoms with Crippen molar-refractivity contribution in [1.29, 1.82) is 0 Å². The summed E-state index contributed by atoms with van der Waals surface area (Å²) in [6.45, 7) is 2.05. The van der Waals surface area contributed by atoms with E-state index in [1.165, 1.54) is 24.3 Å². The zero-order valence-corrected chi connectivity index (χ0v) is 13.5. The summed E-state index contributed by atoms with van der Waals surface area (Å²) in [6.07, 6.45) is 3.89. The van der Waals surface area contributed by atoms with Gasteiger partial charge in [0.2, 0.25) is 10.0 Å². The first-order valence-electron chi connectivity index (χ1n) is 6.87. The Morgan fingerprint density at radius 3 is 2.38 bits per heavy atom. The van der Waals surface area contributed by atoms with E-state index < -0.39 is 22.0 Å². The van der Waals surface area contributed by atoms with Gasteiger partial charge in [0.05, 0.1) is 4.90 Å². The summed E-state index contributed by atoms with van der Waals surface area (Å²) in [5.74, 6) is -1.16. The monoisotopic (exact) mass is 333 g/mol. The molecule has 0 aromatic heterocycles. The molecule has 0 bridgehead atoms. The van der Waals surface area contributed by atoms with E-state index in [0.29, 0.717) is 11.4 Å². The molecule has 0 radical (unpaired) electrons. The average Bonchev–Trinajstić information content (AvgIpc) is 2.42. The standard InChI is InChI=1S/C14H20ClNO4S/c1-2-3-4-5-6-13(14(17)18)16-21(19,20)12-9-7-11(15)8-10-12/h7-10,13,16H,2-6H2,1H3,(H,17,18). The van der Waals surface area contributed by atoms with E-state index in [1.807, 2.05) is 0 Å². The molecule has 0 fully saturated rings. The predicted octanol–water partition coefficient (Wildman–Crippen LogP) is 3.04. The second-order valence-electron chi connectivity index (χ2n) is 4.82. The minimum atomic E-state index is -3.85. The van der Waals surface area contributed by atoms with Crippen LogP contribution >= 0.6 is 11.6 Å². The molecular weight excluding hydrogens is 314 g/mol. The maximum Gasteiger partial charge on any atom is 0.321 e. The van der Waals surface area contributed by atoms with Crippen molar-refractivity contribution in [3.63, 3.8) is 0 Å². The average molecular weight is 334 g/mol. The summed E-state index contributed by atoms with van der Waals surface area (Å²) in [6, 6.07) is 4.49. The van der Waals surface area contributed by atoms with Crippen LogP contribution in [0.25, 0.3) is 0 Å². The summed E-state index contributed by atoms with van der Waals surface area (Å²) in [4.78, 5) is 11.2. The highest BCUT2D eigenvalue weighted by atomic mass is 35.5. The van der Waals surface area contributed by atoms with E-state index in [1.54, 1.807) is 0 Å². The van der Waals surface area contributed by atoms with E-state index in [2.05, 4.69) is 11.6 Å². The number of carboxylic acids is 1. The molecule has 0 saturated carbocycles. The van der Waals surface area contributed by atoms with Crippen molar-refractivity contribution >= 4 is 27.6 Å². The van der Waals surface area contributed by atoms with E-state index >= 15 is 0 Å². The largest absolute Gasteiger partial charge is 0.480 e. The maximum absolute atomic E-state index is 12.1. The highest BCUT2D eigenvalue weighted by Crippen LogP contribution is 2.15. The molecule has 0 amide bonds. The van der Waals surface area contributed by atoms with Crippen LogP contribution in [0.4, 0.5) is 0 Å². The molecule has 0 aliphatic carbocycles. The third kappa shape index (κ3) is 6.03. The zero-order chi connectivity index (χ0) is 15.9. The molecule has 0 aliphatic heterocycles. The summed E-state index contributed by atoms with van der Waals surface area (Å²) in [5.41, 5.74) is 0. The molecule has 7 heteroatoms. The normalized spacial score (nSPS) is 13.0. The molecule has 2 N–H and O–H groups in total. The van der Waals surface area contributed by atoms with Crippen LogP contribution in [-0.4, -0.2) is 25.5 Å². The number of aliphatic carboxylic acids is 1. The summed E-state index contributed by atoms with van der Waals surface area (Å²) < 4.78 is 26.5. The molecule has 21 heavy (non-hydrogen) atoms. The van der Waals surface area contributed by atoms with Crippen molar-refractivity contribution < 1.29 is 18.3 Å². The summed E-state index contributed by atoms with van der Waals surface area (Å²) >= 11 is 5.71. The fourth-order valence-corrected chi connectivity index (χ4v) is 3.23. The molecule has 1 atom stereocenters. The van der Waals surface area contributed by atoms with Crippen LogP contribution in [0.3, 0.4) is 0 Å². The Balaban J connectivity index is 2.73. The van der Waals surface area contributed by atoms with Crippen molar-refractivity contribution in [2.75, 3.05) is 0 Å². The van der Waals surface area contributed by atoms with Gasteiger partial charge in [-0.05, 0) is 30.7 Å². The number of carbonyl (C=O) groups is 1. The number of rotatable bonds is 9. The Labute approximate surface area is 130 Å². The number of benzene rings is 1. The molecule has 118 valence electrons. The SMILES string of the molecule is CCCCCCC(NS(=O)(=O)c1ccc(Cl)cc1)C(=O)O. The molecule has 0 spiro atoms. The van der Waals surface area contributed by atoms with Crippen LogP contribution in [0.1, 0.15) is 39.0 Å². The first kappa shape index (κ1) is 17.9. The van der Waals surface area contributed by atoms with Gasteiger partial charge in [-0.25, -0.2) is 8.42 Å². The highest BCUT2D eigenvalue weighted by molar-refractivity contribution is 7.89. The van der Waals surface area contributed by atoms with Gasteiger partial charge < -0.3 is 5.11 Å². The zero-order valence-electron chi connectivity index (χ0n) is 11.9. The fourth-order valence-electron chi connectivity index (χ4n) is 1.88. The van der Waals surface area contributed by atoms with Crippen LogP contribution in [0.5, 0.6) is 0 Å². The second kappa shape index (κ2) is 8.36. The molecule has 1 aromatic carbocycles. The molecule has 5 nitrogen and oxygen atoms in total. The lowest BCUT2D eigenvalue weighted by Crippen LogP contribution is -2.40. The number of halogens is 1. The van der Waals surface area contributed by atoms with Crippen LogP contribution < -0.4 is 4.72 Å². The fraction of sp³-hybridized carbons (Fsp3) is 0.500. The molecule has 0 aliphatic rings. The van der Waals surface area contributed by atoms with Gasteiger partial charge in [0, 0.05) is 5.02 Å². The molecule has 1 unspecified atom stereocenters. The Kier molecular flexibility index (Phi) is 7.14. The number of hydrogen-bond acceptors (Lipinski definition) is 3. The molecule has 1 rings (SSSR count). The van der Waals surface area contributed by atoms with Crippen molar-refractivity contribution in [2.45, 2.75) is 50.0 Å². The smallest absolute Gasteiger partial charge is 0.321 e. The number of hydrogen-bond donors (Lipinski definition) is 2. The van der Waals surface area contributed by atoms with Gasteiger partial charge in [-0.2, -0.15) is 4.72 Å². The Bertz CT molecular complexity index is 557. The van der Waals surface area contributed by atoms with Crippen molar-refractivity contribution in [2.24, 2.45) is 0 Å². The lowest BCUT2D eigenvalue weighted by atomic mass is 10.1. The first-order chi connectivity index (χ1) is 9.86. The van der Waals surface area contributed by atoms with Crippen molar-refractivity contribution in [3.8, 4) is 0 Å². The van der Waals surface area contributed by atoms with E-state index in [-0.39, 0.29) is 11.3 Å². The molecule has 0 saturated heterocycles. The van der Waals surface area contributed by atoms with Crippen LogP contribution in [-0.2, 0) is 14.8 Å². The lowest BCUT2D eigenvalue weighted by Gasteiger charge is -2.14. The van der Waals surface area contributed by atoms with Crippen LogP contribution in [0, 0.1) is 0 Å². The Morgan fingerprint density at radius 1 is 1.24 bits per heavy atom. The summed E-state index contributed by atoms with van der Waals surface area (Å²) in [5, 5.41) is 9.56. The van der Waals surface area contributed by atoms with Crippen molar-refractivity contribution in [1.82, 2.24) is 4.72 Å². The number of sulfonamides is 1. The predicted molar refractivity (Wildman–Crippen MR) is 82.0 cm³/mol. The molecular formula is C14H20ClNO4S. The van der Waals surface area contributed by atoms with Gasteiger partial charge in [-0.1, -0.05) is 44.2 Å². The second-order valence-corrected chi connectivity index (χ2v) is 6.97. The quantitative estimate of drug-likeness (QED) is 0.680. The lowest BCUT2D eigenvalue weighted by molar-refractivity contribution is -0.139. The minimum absolute atomic E-state index is 0.00621. The van der Waals surface area contributed by atoms with E-state index in [9.17, 15) is 13.2 Å². The first-order valence-corrected chi connectivity index (χ1v) is 8.73.